The van der Waals surface area contributed by atoms with Gasteiger partial charge in [-0.1, -0.05) is 50.1 Å². The predicted molar refractivity (Wildman–Crippen MR) is 132 cm³/mol. The molecule has 0 saturated heterocycles. The van der Waals surface area contributed by atoms with Gasteiger partial charge < -0.3 is 20.1 Å². The Bertz CT molecular complexity index is 928. The molecule has 9 heteroatoms. The van der Waals surface area contributed by atoms with Crippen LogP contribution in [-0.4, -0.2) is 53.6 Å². The third-order valence-electron chi connectivity index (χ3n) is 4.81. The molecular formula is C26H37N3O6. The van der Waals surface area contributed by atoms with Crippen LogP contribution in [0.15, 0.2) is 24.3 Å². The van der Waals surface area contributed by atoms with E-state index < -0.39 is 41.6 Å². The zero-order chi connectivity index (χ0) is 26.8. The highest BCUT2D eigenvalue weighted by Gasteiger charge is 2.37. The average Bonchev–Trinajstić information content (AvgIpc) is 2.74. The van der Waals surface area contributed by atoms with E-state index in [0.29, 0.717) is 5.56 Å². The van der Waals surface area contributed by atoms with Crippen molar-refractivity contribution in [2.24, 2.45) is 5.92 Å². The van der Waals surface area contributed by atoms with Crippen LogP contribution in [0.2, 0.25) is 0 Å². The number of hydrogen-bond acceptors (Lipinski definition) is 6. The van der Waals surface area contributed by atoms with Crippen LogP contribution in [0, 0.1) is 25.3 Å². The summed E-state index contributed by atoms with van der Waals surface area (Å²) in [5.41, 5.74) is 0.680. The van der Waals surface area contributed by atoms with Crippen LogP contribution in [0.4, 0.5) is 4.79 Å². The zero-order valence-electron chi connectivity index (χ0n) is 21.6. The first-order chi connectivity index (χ1) is 16.3. The maximum atomic E-state index is 13.5. The van der Waals surface area contributed by atoms with Crippen molar-refractivity contribution >= 4 is 23.9 Å². The van der Waals surface area contributed by atoms with Crippen molar-refractivity contribution in [2.45, 2.75) is 72.6 Å². The molecule has 0 spiro atoms. The second-order valence-electron chi connectivity index (χ2n) is 9.36. The van der Waals surface area contributed by atoms with Crippen molar-refractivity contribution in [2.75, 3.05) is 13.2 Å². The molecule has 0 saturated carbocycles. The smallest absolute Gasteiger partial charge is 0.408 e. The van der Waals surface area contributed by atoms with Crippen molar-refractivity contribution in [3.05, 3.63) is 35.4 Å². The van der Waals surface area contributed by atoms with Gasteiger partial charge >= 0.3 is 12.1 Å². The fourth-order valence-corrected chi connectivity index (χ4v) is 3.15. The summed E-state index contributed by atoms with van der Waals surface area (Å²) in [6.07, 6.45) is 4.92. The van der Waals surface area contributed by atoms with Crippen LogP contribution in [-0.2, 0) is 23.9 Å². The summed E-state index contributed by atoms with van der Waals surface area (Å²) in [7, 11) is 0. The SMILES string of the molecule is C#CN(C(=O)C(NC(=O)OC(C)(C)C)C(C)C)C(C(=O)NCCC(=O)OCC)c1ccc(C)cc1. The molecule has 1 aromatic rings. The van der Waals surface area contributed by atoms with Crippen LogP contribution in [0.3, 0.4) is 0 Å². The number of carbonyl (C=O) groups excluding carboxylic acids is 4. The van der Waals surface area contributed by atoms with Gasteiger partial charge in [0, 0.05) is 12.6 Å². The van der Waals surface area contributed by atoms with Crippen LogP contribution in [0.1, 0.15) is 65.1 Å². The van der Waals surface area contributed by atoms with Crippen molar-refractivity contribution in [1.29, 1.82) is 0 Å². The molecule has 2 N–H and O–H groups in total. The molecule has 1 rings (SSSR count). The van der Waals surface area contributed by atoms with Gasteiger partial charge in [0.05, 0.1) is 13.0 Å². The van der Waals surface area contributed by atoms with E-state index >= 15 is 0 Å². The first kappa shape index (κ1) is 29.5. The maximum Gasteiger partial charge on any atom is 0.408 e. The van der Waals surface area contributed by atoms with Crippen LogP contribution in [0.5, 0.6) is 0 Å². The number of aryl methyl sites for hydroxylation is 1. The summed E-state index contributed by atoms with van der Waals surface area (Å²) >= 11 is 0. The number of rotatable bonds is 10. The van der Waals surface area contributed by atoms with Crippen LogP contribution in [0.25, 0.3) is 0 Å². The molecule has 1 aromatic carbocycles. The van der Waals surface area contributed by atoms with E-state index in [2.05, 4.69) is 16.7 Å². The molecule has 0 aliphatic carbocycles. The van der Waals surface area contributed by atoms with Crippen molar-refractivity contribution < 1.29 is 28.7 Å². The Labute approximate surface area is 207 Å². The van der Waals surface area contributed by atoms with Gasteiger partial charge in [0.2, 0.25) is 5.91 Å². The topological polar surface area (TPSA) is 114 Å². The minimum atomic E-state index is -1.18. The summed E-state index contributed by atoms with van der Waals surface area (Å²) in [6, 6.07) is 7.09. The number of esters is 1. The van der Waals surface area contributed by atoms with Gasteiger partial charge in [-0.2, -0.15) is 0 Å². The first-order valence-electron chi connectivity index (χ1n) is 11.6. The standard InChI is InChI=1S/C26H37N3O6/c1-9-29(24(32)21(17(3)4)28-25(33)35-26(6,7)8)22(19-13-11-18(5)12-14-19)23(31)27-16-15-20(30)34-10-2/h1,11-14,17,21-22H,10,15-16H2,2-8H3,(H,27,31)(H,28,33). The minimum Gasteiger partial charge on any atom is -0.466 e. The van der Waals surface area contributed by atoms with Gasteiger partial charge in [0.25, 0.3) is 5.91 Å². The highest BCUT2D eigenvalue weighted by atomic mass is 16.6. The predicted octanol–water partition coefficient (Wildman–Crippen LogP) is 3.07. The Morgan fingerprint density at radius 3 is 2.20 bits per heavy atom. The molecule has 0 fully saturated rings. The van der Waals surface area contributed by atoms with E-state index in [0.717, 1.165) is 10.5 Å². The molecule has 0 bridgehead atoms. The molecule has 0 aromatic heterocycles. The number of benzene rings is 1. The number of alkyl carbamates (subject to hydrolysis) is 1. The molecule has 0 aliphatic rings. The Morgan fingerprint density at radius 2 is 1.71 bits per heavy atom. The van der Waals surface area contributed by atoms with Gasteiger partial charge in [0.1, 0.15) is 17.7 Å². The van der Waals surface area contributed by atoms with Crippen LogP contribution < -0.4 is 10.6 Å². The summed E-state index contributed by atoms with van der Waals surface area (Å²) in [5.74, 6) is -2.01. The fraction of sp³-hybridized carbons (Fsp3) is 0.538. The van der Waals surface area contributed by atoms with E-state index in [1.54, 1.807) is 65.8 Å². The van der Waals surface area contributed by atoms with Gasteiger partial charge in [-0.3, -0.25) is 19.3 Å². The maximum absolute atomic E-state index is 13.5. The molecule has 192 valence electrons. The average molecular weight is 488 g/mol. The third-order valence-corrected chi connectivity index (χ3v) is 4.81. The number of carbonyl (C=O) groups is 4. The van der Waals surface area contributed by atoms with E-state index in [9.17, 15) is 19.2 Å². The molecule has 0 radical (unpaired) electrons. The third kappa shape index (κ3) is 9.69. The quantitative estimate of drug-likeness (QED) is 0.298. The fourth-order valence-electron chi connectivity index (χ4n) is 3.15. The number of amides is 3. The lowest BCUT2D eigenvalue weighted by atomic mass is 9.99. The number of ether oxygens (including phenoxy) is 2. The summed E-state index contributed by atoms with van der Waals surface area (Å²) < 4.78 is 10.2. The van der Waals surface area contributed by atoms with Gasteiger partial charge in [-0.15, -0.1) is 0 Å². The molecule has 0 aliphatic heterocycles. The summed E-state index contributed by atoms with van der Waals surface area (Å²) in [4.78, 5) is 51.7. The monoisotopic (exact) mass is 487 g/mol. The van der Waals surface area contributed by atoms with E-state index in [1.165, 1.54) is 0 Å². The van der Waals surface area contributed by atoms with E-state index in [1.807, 2.05) is 6.92 Å². The highest BCUT2D eigenvalue weighted by Crippen LogP contribution is 2.24. The van der Waals surface area contributed by atoms with Crippen molar-refractivity contribution in [3.63, 3.8) is 0 Å². The lowest BCUT2D eigenvalue weighted by molar-refractivity contribution is -0.143. The van der Waals surface area contributed by atoms with E-state index in [-0.39, 0.29) is 25.5 Å². The highest BCUT2D eigenvalue weighted by molar-refractivity contribution is 5.93. The number of nitrogens with one attached hydrogen (secondary N) is 2. The van der Waals surface area contributed by atoms with Crippen molar-refractivity contribution in [1.82, 2.24) is 15.5 Å². The second kappa shape index (κ2) is 13.4. The van der Waals surface area contributed by atoms with Crippen molar-refractivity contribution in [3.8, 4) is 12.5 Å². The Balaban J connectivity index is 3.23. The van der Waals surface area contributed by atoms with Gasteiger partial charge in [-0.05, 0) is 46.1 Å². The lowest BCUT2D eigenvalue weighted by Gasteiger charge is -2.31. The van der Waals surface area contributed by atoms with E-state index in [4.69, 9.17) is 15.9 Å². The Morgan fingerprint density at radius 1 is 1.11 bits per heavy atom. The Hall–Kier alpha value is -3.54. The largest absolute Gasteiger partial charge is 0.466 e. The molecule has 3 amide bonds. The zero-order valence-corrected chi connectivity index (χ0v) is 21.6. The Kier molecular flexibility index (Phi) is 11.3. The lowest BCUT2D eigenvalue weighted by Crippen LogP contribution is -2.53. The molecule has 2 atom stereocenters. The minimum absolute atomic E-state index is 0.0103. The van der Waals surface area contributed by atoms with Gasteiger partial charge in [0.15, 0.2) is 0 Å². The number of terminal acetylenes is 1. The van der Waals surface area contributed by atoms with Crippen LogP contribution >= 0.6 is 0 Å². The molecule has 0 heterocycles. The van der Waals surface area contributed by atoms with Gasteiger partial charge in [-0.25, -0.2) is 4.79 Å². The number of nitrogens with zero attached hydrogens (tertiary/aromatic N) is 1. The molecule has 2 unspecified atom stereocenters. The molecule has 35 heavy (non-hydrogen) atoms. The molecule has 9 nitrogen and oxygen atoms in total. The normalized spacial score (nSPS) is 12.7. The number of hydrogen-bond donors (Lipinski definition) is 2. The summed E-state index contributed by atoms with van der Waals surface area (Å²) in [5, 5.41) is 5.23. The first-order valence-corrected chi connectivity index (χ1v) is 11.6. The molecular weight excluding hydrogens is 450 g/mol. The summed E-state index contributed by atoms with van der Waals surface area (Å²) in [6.45, 7) is 12.4. The second-order valence-corrected chi connectivity index (χ2v) is 9.36.